The first kappa shape index (κ1) is 26.7. The van der Waals surface area contributed by atoms with Gasteiger partial charge in [-0.1, -0.05) is 30.3 Å². The van der Waals surface area contributed by atoms with Crippen LogP contribution in [0.4, 0.5) is 18.9 Å². The number of amides is 2. The van der Waals surface area contributed by atoms with Crippen LogP contribution in [0.1, 0.15) is 17.5 Å². The number of benzene rings is 2. The number of carbonyl (C=O) groups excluding carboxylic acids is 3. The molecule has 0 radical (unpaired) electrons. The second kappa shape index (κ2) is 13.2. The molecule has 0 saturated heterocycles. The SMILES string of the molecule is COCCOc1ccc(C(F)(F)F)cc1NC(=O)COC(=O)CCNC(=O)Cc1ccccc1. The number of ether oxygens (including phenoxy) is 3. The van der Waals surface area contributed by atoms with Crippen LogP contribution >= 0.6 is 0 Å². The zero-order valence-corrected chi connectivity index (χ0v) is 18.4. The Labute approximate surface area is 194 Å². The summed E-state index contributed by atoms with van der Waals surface area (Å²) in [6.45, 7) is -0.467. The third kappa shape index (κ3) is 9.49. The molecule has 2 aromatic rings. The van der Waals surface area contributed by atoms with Gasteiger partial charge in [0.05, 0.1) is 30.7 Å². The molecule has 0 fully saturated rings. The van der Waals surface area contributed by atoms with Gasteiger partial charge in [-0.05, 0) is 23.8 Å². The molecule has 184 valence electrons. The van der Waals surface area contributed by atoms with Gasteiger partial charge in [-0.2, -0.15) is 13.2 Å². The van der Waals surface area contributed by atoms with Gasteiger partial charge in [0.2, 0.25) is 5.91 Å². The molecule has 0 aliphatic rings. The van der Waals surface area contributed by atoms with E-state index in [0.29, 0.717) is 0 Å². The van der Waals surface area contributed by atoms with E-state index in [1.165, 1.54) is 7.11 Å². The quantitative estimate of drug-likeness (QED) is 0.356. The van der Waals surface area contributed by atoms with Gasteiger partial charge in [-0.25, -0.2) is 0 Å². The van der Waals surface area contributed by atoms with E-state index < -0.39 is 30.2 Å². The molecule has 0 atom stereocenters. The summed E-state index contributed by atoms with van der Waals surface area (Å²) in [6.07, 6.45) is -4.64. The van der Waals surface area contributed by atoms with Gasteiger partial charge in [0.25, 0.3) is 5.91 Å². The highest BCUT2D eigenvalue weighted by molar-refractivity contribution is 5.94. The number of methoxy groups -OCH3 is 1. The molecule has 0 bridgehead atoms. The molecule has 0 aromatic heterocycles. The summed E-state index contributed by atoms with van der Waals surface area (Å²) in [6, 6.07) is 11.7. The smallest absolute Gasteiger partial charge is 0.416 e. The number of esters is 1. The van der Waals surface area contributed by atoms with Crippen molar-refractivity contribution in [2.75, 3.05) is 38.8 Å². The zero-order valence-electron chi connectivity index (χ0n) is 18.4. The third-order valence-electron chi connectivity index (χ3n) is 4.35. The molecule has 0 unspecified atom stereocenters. The Morgan fingerprint density at radius 3 is 2.38 bits per heavy atom. The lowest BCUT2D eigenvalue weighted by Crippen LogP contribution is -2.28. The third-order valence-corrected chi connectivity index (χ3v) is 4.35. The van der Waals surface area contributed by atoms with E-state index in [2.05, 4.69) is 10.6 Å². The predicted octanol–water partition coefficient (Wildman–Crippen LogP) is 2.96. The Hall–Kier alpha value is -3.60. The van der Waals surface area contributed by atoms with Crippen molar-refractivity contribution < 1.29 is 41.8 Å². The van der Waals surface area contributed by atoms with E-state index in [1.54, 1.807) is 24.3 Å². The monoisotopic (exact) mass is 482 g/mol. The Morgan fingerprint density at radius 1 is 0.971 bits per heavy atom. The Kier molecular flexibility index (Phi) is 10.3. The van der Waals surface area contributed by atoms with Crippen molar-refractivity contribution >= 4 is 23.5 Å². The molecule has 34 heavy (non-hydrogen) atoms. The van der Waals surface area contributed by atoms with Crippen LogP contribution in [-0.2, 0) is 36.5 Å². The Morgan fingerprint density at radius 2 is 1.71 bits per heavy atom. The summed E-state index contributed by atoms with van der Waals surface area (Å²) < 4.78 is 54.1. The van der Waals surface area contributed by atoms with Crippen molar-refractivity contribution in [2.45, 2.75) is 19.0 Å². The van der Waals surface area contributed by atoms with E-state index >= 15 is 0 Å². The predicted molar refractivity (Wildman–Crippen MR) is 116 cm³/mol. The second-order valence-electron chi connectivity index (χ2n) is 7.02. The van der Waals surface area contributed by atoms with Crippen LogP contribution < -0.4 is 15.4 Å². The average Bonchev–Trinajstić information content (AvgIpc) is 2.78. The van der Waals surface area contributed by atoms with Crippen LogP contribution in [0.2, 0.25) is 0 Å². The Balaban J connectivity index is 1.81. The highest BCUT2D eigenvalue weighted by atomic mass is 19.4. The van der Waals surface area contributed by atoms with Crippen LogP contribution in [0.25, 0.3) is 0 Å². The lowest BCUT2D eigenvalue weighted by Gasteiger charge is -2.15. The molecule has 8 nitrogen and oxygen atoms in total. The molecule has 2 aromatic carbocycles. The number of nitrogens with one attached hydrogen (secondary N) is 2. The zero-order chi connectivity index (χ0) is 25.0. The lowest BCUT2D eigenvalue weighted by atomic mass is 10.1. The molecule has 2 N–H and O–H groups in total. The number of rotatable bonds is 12. The van der Waals surface area contributed by atoms with Crippen molar-refractivity contribution in [1.29, 1.82) is 0 Å². The largest absolute Gasteiger partial charge is 0.489 e. The summed E-state index contributed by atoms with van der Waals surface area (Å²) in [5, 5.41) is 4.82. The van der Waals surface area contributed by atoms with E-state index in [0.717, 1.165) is 23.8 Å². The highest BCUT2D eigenvalue weighted by Crippen LogP contribution is 2.35. The number of carbonyl (C=O) groups is 3. The molecular weight excluding hydrogens is 457 g/mol. The van der Waals surface area contributed by atoms with Crippen LogP contribution in [-0.4, -0.2) is 51.3 Å². The number of halogens is 3. The van der Waals surface area contributed by atoms with E-state index in [9.17, 15) is 27.6 Å². The summed E-state index contributed by atoms with van der Waals surface area (Å²) in [4.78, 5) is 35.8. The lowest BCUT2D eigenvalue weighted by molar-refractivity contribution is -0.147. The van der Waals surface area contributed by atoms with Crippen molar-refractivity contribution in [3.8, 4) is 5.75 Å². The van der Waals surface area contributed by atoms with Gasteiger partial charge in [-0.3, -0.25) is 14.4 Å². The van der Waals surface area contributed by atoms with Gasteiger partial charge in [0, 0.05) is 13.7 Å². The van der Waals surface area contributed by atoms with Crippen LogP contribution in [0.3, 0.4) is 0 Å². The molecule has 0 aliphatic carbocycles. The summed E-state index contributed by atoms with van der Waals surface area (Å²) in [5.41, 5.74) is -0.385. The minimum Gasteiger partial charge on any atom is -0.489 e. The molecule has 11 heteroatoms. The molecular formula is C23H25F3N2O6. The van der Waals surface area contributed by atoms with Gasteiger partial charge < -0.3 is 24.8 Å². The van der Waals surface area contributed by atoms with Crippen LogP contribution in [0.5, 0.6) is 5.75 Å². The normalized spacial score (nSPS) is 10.9. The first-order valence-corrected chi connectivity index (χ1v) is 10.3. The fourth-order valence-electron chi connectivity index (χ4n) is 2.72. The fraction of sp³-hybridized carbons (Fsp3) is 0.348. The van der Waals surface area contributed by atoms with Gasteiger partial charge >= 0.3 is 12.1 Å². The summed E-state index contributed by atoms with van der Waals surface area (Å²) in [5.74, 6) is -1.87. The topological polar surface area (TPSA) is 103 Å². The number of alkyl halides is 3. The van der Waals surface area contributed by atoms with Gasteiger partial charge in [0.15, 0.2) is 6.61 Å². The van der Waals surface area contributed by atoms with Crippen LogP contribution in [0, 0.1) is 0 Å². The fourth-order valence-corrected chi connectivity index (χ4v) is 2.72. The van der Waals surface area contributed by atoms with E-state index in [-0.39, 0.29) is 49.9 Å². The highest BCUT2D eigenvalue weighted by Gasteiger charge is 2.31. The van der Waals surface area contributed by atoms with Crippen LogP contribution in [0.15, 0.2) is 48.5 Å². The standard InChI is InChI=1S/C23H25F3N2O6/c1-32-11-12-33-19-8-7-17(23(24,25)26)14-18(19)28-21(30)15-34-22(31)9-10-27-20(29)13-16-5-3-2-4-6-16/h2-8,14H,9-13,15H2,1H3,(H,27,29)(H,28,30). The first-order chi connectivity index (χ1) is 16.2. The van der Waals surface area contributed by atoms with Gasteiger partial charge in [0.1, 0.15) is 12.4 Å². The van der Waals surface area contributed by atoms with Gasteiger partial charge in [-0.15, -0.1) is 0 Å². The van der Waals surface area contributed by atoms with Crippen molar-refractivity contribution in [2.24, 2.45) is 0 Å². The molecule has 2 rings (SSSR count). The molecule has 0 aliphatic heterocycles. The van der Waals surface area contributed by atoms with Crippen molar-refractivity contribution in [3.05, 3.63) is 59.7 Å². The minimum absolute atomic E-state index is 0.00542. The first-order valence-electron chi connectivity index (χ1n) is 10.3. The Bertz CT molecular complexity index is 967. The van der Waals surface area contributed by atoms with E-state index in [1.807, 2.05) is 6.07 Å². The minimum atomic E-state index is -4.62. The number of hydrogen-bond acceptors (Lipinski definition) is 6. The average molecular weight is 482 g/mol. The maximum absolute atomic E-state index is 13.0. The second-order valence-corrected chi connectivity index (χ2v) is 7.02. The van der Waals surface area contributed by atoms with Crippen molar-refractivity contribution in [3.63, 3.8) is 0 Å². The molecule has 2 amide bonds. The summed E-state index contributed by atoms with van der Waals surface area (Å²) in [7, 11) is 1.43. The maximum Gasteiger partial charge on any atom is 0.416 e. The molecule has 0 saturated carbocycles. The molecule has 0 spiro atoms. The van der Waals surface area contributed by atoms with E-state index in [4.69, 9.17) is 14.2 Å². The van der Waals surface area contributed by atoms with Crippen molar-refractivity contribution in [1.82, 2.24) is 5.32 Å². The number of hydrogen-bond donors (Lipinski definition) is 2. The summed E-state index contributed by atoms with van der Waals surface area (Å²) >= 11 is 0. The number of anilines is 1. The molecule has 0 heterocycles. The maximum atomic E-state index is 13.0.